The number of carboxylic acids is 1. The Balaban J connectivity index is 2.31. The van der Waals surface area contributed by atoms with E-state index in [4.69, 9.17) is 16.7 Å². The second-order valence-corrected chi connectivity index (χ2v) is 5.30. The van der Waals surface area contributed by atoms with Crippen molar-refractivity contribution in [3.63, 3.8) is 0 Å². The average molecular weight is 329 g/mol. The van der Waals surface area contributed by atoms with E-state index in [0.29, 0.717) is 11.6 Å². The highest BCUT2D eigenvalue weighted by molar-refractivity contribution is 9.10. The molecule has 0 aliphatic carbocycles. The molecule has 0 saturated carbocycles. The van der Waals surface area contributed by atoms with Gasteiger partial charge in [0.15, 0.2) is 0 Å². The molecule has 18 heavy (non-hydrogen) atoms. The first kappa shape index (κ1) is 13.2. The van der Waals surface area contributed by atoms with Gasteiger partial charge in [0, 0.05) is 17.8 Å². The van der Waals surface area contributed by atoms with Crippen molar-refractivity contribution in [3.8, 4) is 0 Å². The van der Waals surface area contributed by atoms with Crippen molar-refractivity contribution in [1.29, 1.82) is 0 Å². The van der Waals surface area contributed by atoms with Gasteiger partial charge in [0.1, 0.15) is 0 Å². The Morgan fingerprint density at radius 2 is 2.17 bits per heavy atom. The molecule has 0 radical (unpaired) electrons. The summed E-state index contributed by atoms with van der Waals surface area (Å²) in [5, 5.41) is 9.61. The van der Waals surface area contributed by atoms with Crippen molar-refractivity contribution >= 4 is 33.5 Å². The minimum atomic E-state index is -0.940. The van der Waals surface area contributed by atoms with Crippen molar-refractivity contribution in [1.82, 2.24) is 4.57 Å². The summed E-state index contributed by atoms with van der Waals surface area (Å²) >= 11 is 9.49. The predicted molar refractivity (Wildman–Crippen MR) is 74.4 cm³/mol. The van der Waals surface area contributed by atoms with Crippen molar-refractivity contribution in [2.75, 3.05) is 0 Å². The number of aromatic nitrogens is 1. The van der Waals surface area contributed by atoms with Gasteiger partial charge in [0.25, 0.3) is 0 Å². The van der Waals surface area contributed by atoms with E-state index in [2.05, 4.69) is 15.9 Å². The summed E-state index contributed by atoms with van der Waals surface area (Å²) < 4.78 is 2.52. The third kappa shape index (κ3) is 2.76. The lowest BCUT2D eigenvalue weighted by Gasteiger charge is -2.08. The Hall–Kier alpha value is -1.26. The van der Waals surface area contributed by atoms with Crippen LogP contribution in [0.5, 0.6) is 0 Å². The molecule has 0 fully saturated rings. The Morgan fingerprint density at radius 1 is 1.44 bits per heavy atom. The molecular weight excluding hydrogens is 318 g/mol. The molecule has 0 aliphatic heterocycles. The van der Waals surface area contributed by atoms with Crippen molar-refractivity contribution in [2.24, 2.45) is 0 Å². The lowest BCUT2D eigenvalue weighted by Crippen LogP contribution is -2.00. The highest BCUT2D eigenvalue weighted by Gasteiger charge is 2.10. The number of aromatic carboxylic acids is 1. The molecule has 2 rings (SSSR count). The quantitative estimate of drug-likeness (QED) is 0.926. The van der Waals surface area contributed by atoms with Crippen molar-refractivity contribution in [2.45, 2.75) is 13.5 Å². The molecule has 3 nitrogen and oxygen atoms in total. The topological polar surface area (TPSA) is 42.2 Å². The van der Waals surface area contributed by atoms with Crippen LogP contribution in [-0.2, 0) is 6.54 Å². The van der Waals surface area contributed by atoms with Crippen LogP contribution < -0.4 is 0 Å². The third-order valence-electron chi connectivity index (χ3n) is 2.64. The van der Waals surface area contributed by atoms with Gasteiger partial charge < -0.3 is 9.67 Å². The maximum Gasteiger partial charge on any atom is 0.337 e. The van der Waals surface area contributed by atoms with Gasteiger partial charge in [-0.3, -0.25) is 0 Å². The third-order valence-corrected chi connectivity index (χ3v) is 3.68. The zero-order chi connectivity index (χ0) is 13.3. The largest absolute Gasteiger partial charge is 0.478 e. The summed E-state index contributed by atoms with van der Waals surface area (Å²) in [5.74, 6) is -0.940. The van der Waals surface area contributed by atoms with Gasteiger partial charge in [-0.1, -0.05) is 23.7 Å². The first-order chi connectivity index (χ1) is 8.47. The standard InChI is InChI=1S/C13H11BrClNO2/c1-8-2-3-9(11(15)4-8)6-16-7-10(13(17)18)5-12(16)14/h2-5,7H,6H2,1H3,(H,17,18). The maximum absolute atomic E-state index is 10.9. The minimum absolute atomic E-state index is 0.255. The van der Waals surface area contributed by atoms with E-state index >= 15 is 0 Å². The van der Waals surface area contributed by atoms with Gasteiger partial charge in [0.2, 0.25) is 0 Å². The molecule has 5 heteroatoms. The van der Waals surface area contributed by atoms with Crippen LogP contribution in [0.3, 0.4) is 0 Å². The van der Waals surface area contributed by atoms with Crippen LogP contribution in [0.25, 0.3) is 0 Å². The fourth-order valence-electron chi connectivity index (χ4n) is 1.68. The maximum atomic E-state index is 10.9. The summed E-state index contributed by atoms with van der Waals surface area (Å²) in [6.45, 7) is 2.51. The number of hydrogen-bond acceptors (Lipinski definition) is 1. The lowest BCUT2D eigenvalue weighted by molar-refractivity contribution is 0.0697. The number of benzene rings is 1. The van der Waals surface area contributed by atoms with Gasteiger partial charge in [-0.25, -0.2) is 4.79 Å². The SMILES string of the molecule is Cc1ccc(Cn2cc(C(=O)O)cc2Br)c(Cl)c1. The van der Waals surface area contributed by atoms with Crippen LogP contribution in [-0.4, -0.2) is 15.6 Å². The second kappa shape index (κ2) is 5.16. The molecule has 1 heterocycles. The van der Waals surface area contributed by atoms with Gasteiger partial charge in [0.05, 0.1) is 10.2 Å². The fourth-order valence-corrected chi connectivity index (χ4v) is 2.45. The zero-order valence-corrected chi connectivity index (χ0v) is 12.0. The van der Waals surface area contributed by atoms with E-state index in [-0.39, 0.29) is 5.56 Å². The zero-order valence-electron chi connectivity index (χ0n) is 9.65. The number of carbonyl (C=O) groups is 1. The molecule has 1 N–H and O–H groups in total. The Kier molecular flexibility index (Phi) is 3.78. The van der Waals surface area contributed by atoms with Crippen LogP contribution in [0.1, 0.15) is 21.5 Å². The first-order valence-electron chi connectivity index (χ1n) is 5.31. The van der Waals surface area contributed by atoms with Gasteiger partial charge in [-0.15, -0.1) is 0 Å². The number of nitrogens with zero attached hydrogens (tertiary/aromatic N) is 1. The van der Waals surface area contributed by atoms with E-state index in [1.165, 1.54) is 0 Å². The monoisotopic (exact) mass is 327 g/mol. The van der Waals surface area contributed by atoms with Crippen LogP contribution in [0.4, 0.5) is 0 Å². The number of carboxylic acid groups (broad SMARTS) is 1. The summed E-state index contributed by atoms with van der Waals surface area (Å²) in [6, 6.07) is 7.40. The van der Waals surface area contributed by atoms with E-state index in [1.807, 2.05) is 25.1 Å². The fraction of sp³-hybridized carbons (Fsp3) is 0.154. The molecule has 0 spiro atoms. The van der Waals surface area contributed by atoms with Gasteiger partial charge in [-0.2, -0.15) is 0 Å². The number of hydrogen-bond donors (Lipinski definition) is 1. The molecule has 1 aromatic carbocycles. The van der Waals surface area contributed by atoms with Gasteiger partial charge in [-0.05, 0) is 46.1 Å². The molecule has 94 valence electrons. The summed E-state index contributed by atoms with van der Waals surface area (Å²) in [7, 11) is 0. The molecule has 0 aliphatic rings. The number of rotatable bonds is 3. The Labute approximate surface area is 118 Å². The van der Waals surface area contributed by atoms with E-state index in [1.54, 1.807) is 16.8 Å². The summed E-state index contributed by atoms with van der Waals surface area (Å²) in [6.07, 6.45) is 1.59. The van der Waals surface area contributed by atoms with Crippen LogP contribution in [0.2, 0.25) is 5.02 Å². The van der Waals surface area contributed by atoms with Crippen LogP contribution in [0.15, 0.2) is 35.1 Å². The highest BCUT2D eigenvalue weighted by atomic mass is 79.9. The first-order valence-corrected chi connectivity index (χ1v) is 6.48. The van der Waals surface area contributed by atoms with Crippen molar-refractivity contribution < 1.29 is 9.90 Å². The molecule has 0 saturated heterocycles. The molecule has 2 aromatic rings. The van der Waals surface area contributed by atoms with Crippen LogP contribution >= 0.6 is 27.5 Å². The summed E-state index contributed by atoms with van der Waals surface area (Å²) in [4.78, 5) is 10.9. The van der Waals surface area contributed by atoms with Crippen molar-refractivity contribution in [3.05, 3.63) is 56.8 Å². The van der Waals surface area contributed by atoms with E-state index in [0.717, 1.165) is 15.7 Å². The number of aryl methyl sites for hydroxylation is 1. The molecular formula is C13H11BrClNO2. The summed E-state index contributed by atoms with van der Waals surface area (Å²) in [5.41, 5.74) is 2.31. The lowest BCUT2D eigenvalue weighted by atomic mass is 10.1. The molecule has 1 aromatic heterocycles. The Bertz CT molecular complexity index is 607. The van der Waals surface area contributed by atoms with E-state index in [9.17, 15) is 4.79 Å². The molecule has 0 unspecified atom stereocenters. The highest BCUT2D eigenvalue weighted by Crippen LogP contribution is 2.22. The molecule has 0 amide bonds. The van der Waals surface area contributed by atoms with E-state index < -0.39 is 5.97 Å². The molecule has 0 atom stereocenters. The van der Waals surface area contributed by atoms with Gasteiger partial charge >= 0.3 is 5.97 Å². The van der Waals surface area contributed by atoms with Crippen LogP contribution in [0, 0.1) is 6.92 Å². The predicted octanol–water partition coefficient (Wildman–Crippen LogP) is 3.96. The Morgan fingerprint density at radius 3 is 2.72 bits per heavy atom. The number of halogens is 2. The average Bonchev–Trinajstić information content (AvgIpc) is 2.64. The molecule has 0 bridgehead atoms. The normalized spacial score (nSPS) is 10.6. The minimum Gasteiger partial charge on any atom is -0.478 e. The second-order valence-electron chi connectivity index (χ2n) is 4.08. The smallest absolute Gasteiger partial charge is 0.337 e.